The van der Waals surface area contributed by atoms with Gasteiger partial charge in [-0.1, -0.05) is 115 Å². The van der Waals surface area contributed by atoms with Crippen LogP contribution in [0, 0.1) is 11.8 Å². The maximum Gasteiger partial charge on any atom is 0.136 e. The molecule has 3 unspecified atom stereocenters. The zero-order chi connectivity index (χ0) is 31.3. The fourth-order valence-electron chi connectivity index (χ4n) is 8.80. The summed E-state index contributed by atoms with van der Waals surface area (Å²) < 4.78 is 12.8. The Bertz CT molecular complexity index is 2680. The van der Waals surface area contributed by atoms with Crippen LogP contribution in [0.1, 0.15) is 29.0 Å². The molecule has 11 rings (SSSR count). The Labute approximate surface area is 277 Å². The number of fused-ring (bicyclic) bond motifs is 10. The van der Waals surface area contributed by atoms with Crippen LogP contribution in [-0.4, -0.2) is 0 Å². The Balaban J connectivity index is 1.06. The largest absolute Gasteiger partial charge is 0.461 e. The first-order valence-corrected chi connectivity index (χ1v) is 16.9. The third-order valence-corrected chi connectivity index (χ3v) is 11.0. The molecule has 48 heavy (non-hydrogen) atoms. The summed E-state index contributed by atoms with van der Waals surface area (Å²) in [4.78, 5) is 0. The molecular formula is C46H30O2. The number of hydrogen-bond donors (Lipinski definition) is 0. The summed E-state index contributed by atoms with van der Waals surface area (Å²) in [5, 5.41) is 9.91. The minimum Gasteiger partial charge on any atom is -0.461 e. The topological polar surface area (TPSA) is 22.4 Å². The van der Waals surface area contributed by atoms with Gasteiger partial charge < -0.3 is 9.15 Å². The number of ether oxygens (including phenoxy) is 1. The van der Waals surface area contributed by atoms with Crippen molar-refractivity contribution in [1.29, 1.82) is 0 Å². The molecule has 2 heterocycles. The van der Waals surface area contributed by atoms with Crippen molar-refractivity contribution in [1.82, 2.24) is 0 Å². The van der Waals surface area contributed by atoms with E-state index >= 15 is 0 Å². The summed E-state index contributed by atoms with van der Waals surface area (Å²) in [5.74, 6) is 2.88. The first kappa shape index (κ1) is 26.2. The molecule has 0 saturated carbocycles. The molecule has 2 heteroatoms. The van der Waals surface area contributed by atoms with Crippen molar-refractivity contribution in [2.45, 2.75) is 12.3 Å². The average Bonchev–Trinajstić information content (AvgIpc) is 3.68. The van der Waals surface area contributed by atoms with Crippen molar-refractivity contribution >= 4 is 65.4 Å². The Morgan fingerprint density at radius 3 is 2.04 bits per heavy atom. The van der Waals surface area contributed by atoms with Crippen molar-refractivity contribution in [3.63, 3.8) is 0 Å². The lowest BCUT2D eigenvalue weighted by molar-refractivity contribution is 0.427. The van der Waals surface area contributed by atoms with Crippen molar-refractivity contribution in [3.05, 3.63) is 174 Å². The van der Waals surface area contributed by atoms with E-state index in [2.05, 4.69) is 140 Å². The van der Waals surface area contributed by atoms with Gasteiger partial charge in [0.25, 0.3) is 0 Å². The minimum atomic E-state index is 0.171. The zero-order valence-corrected chi connectivity index (χ0v) is 26.2. The molecule has 7 aromatic rings. The highest BCUT2D eigenvalue weighted by molar-refractivity contribution is 6.17. The average molecular weight is 615 g/mol. The van der Waals surface area contributed by atoms with Crippen LogP contribution in [0.25, 0.3) is 65.4 Å². The van der Waals surface area contributed by atoms with E-state index < -0.39 is 0 Å². The van der Waals surface area contributed by atoms with Gasteiger partial charge >= 0.3 is 0 Å². The van der Waals surface area contributed by atoms with Crippen LogP contribution in [0.3, 0.4) is 0 Å². The van der Waals surface area contributed by atoms with E-state index in [4.69, 9.17) is 9.15 Å². The van der Waals surface area contributed by atoms with Crippen molar-refractivity contribution < 1.29 is 9.15 Å². The Morgan fingerprint density at radius 2 is 1.23 bits per heavy atom. The lowest BCUT2D eigenvalue weighted by atomic mass is 9.74. The van der Waals surface area contributed by atoms with Crippen LogP contribution < -0.4 is 4.74 Å². The lowest BCUT2D eigenvalue weighted by Gasteiger charge is -2.30. The van der Waals surface area contributed by atoms with Gasteiger partial charge in [-0.3, -0.25) is 0 Å². The van der Waals surface area contributed by atoms with Crippen LogP contribution in [0.15, 0.2) is 162 Å². The number of rotatable bonds is 2. The Hall–Kier alpha value is -5.86. The Morgan fingerprint density at radius 1 is 0.542 bits per heavy atom. The normalized spacial score (nSPS) is 20.9. The molecule has 1 aliphatic heterocycles. The fourth-order valence-corrected chi connectivity index (χ4v) is 8.80. The van der Waals surface area contributed by atoms with Gasteiger partial charge in [0.15, 0.2) is 0 Å². The standard InChI is InChI=1S/C46H30O2/c1-2-12-31-27(10-1)11-9-18-33(31)46-36-16-5-3-14-34(36)45(35-15-4-6-17-37(35)46)28-20-21-42-39(22-28)40-24-29-23-38-32-13-7-8-19-41(32)47-43(38)25-30(29)26-44(40)48-42/h1-21,23-27,31,39H,22H2. The molecule has 0 saturated heterocycles. The van der Waals surface area contributed by atoms with E-state index in [0.29, 0.717) is 11.8 Å². The molecule has 3 atom stereocenters. The van der Waals surface area contributed by atoms with Gasteiger partial charge in [0.1, 0.15) is 22.7 Å². The van der Waals surface area contributed by atoms with Gasteiger partial charge in [-0.25, -0.2) is 0 Å². The first-order chi connectivity index (χ1) is 23.8. The second-order valence-electron chi connectivity index (χ2n) is 13.5. The van der Waals surface area contributed by atoms with Gasteiger partial charge in [-0.2, -0.15) is 0 Å². The number of hydrogen-bond acceptors (Lipinski definition) is 2. The second kappa shape index (κ2) is 9.82. The van der Waals surface area contributed by atoms with E-state index in [1.54, 1.807) is 0 Å². The molecule has 1 aromatic heterocycles. The predicted molar refractivity (Wildman–Crippen MR) is 199 cm³/mol. The molecule has 3 aliphatic carbocycles. The smallest absolute Gasteiger partial charge is 0.136 e. The molecule has 0 bridgehead atoms. The molecule has 0 radical (unpaired) electrons. The summed E-state index contributed by atoms with van der Waals surface area (Å²) in [5.41, 5.74) is 8.54. The van der Waals surface area contributed by atoms with Crippen LogP contribution in [-0.2, 0) is 0 Å². The summed E-state index contributed by atoms with van der Waals surface area (Å²) >= 11 is 0. The highest BCUT2D eigenvalue weighted by atomic mass is 16.5. The van der Waals surface area contributed by atoms with Crippen LogP contribution in [0.4, 0.5) is 0 Å². The van der Waals surface area contributed by atoms with Crippen LogP contribution >= 0.6 is 0 Å². The predicted octanol–water partition coefficient (Wildman–Crippen LogP) is 12.2. The maximum atomic E-state index is 6.56. The van der Waals surface area contributed by atoms with Gasteiger partial charge in [-0.05, 0) is 97.4 Å². The summed E-state index contributed by atoms with van der Waals surface area (Å²) in [7, 11) is 0. The fraction of sp³-hybridized carbons (Fsp3) is 0.0870. The SMILES string of the molecule is C1=CC2C=CC=C(c3c4ccccc4c(C4=CC=C5Oc6cc7cc8oc9ccccc9c8cc7cc6C5C4)c4ccccc34)C2C=C1. The van der Waals surface area contributed by atoms with Gasteiger partial charge in [0, 0.05) is 34.1 Å². The molecule has 0 N–H and O–H groups in total. The number of para-hydroxylation sites is 1. The third kappa shape index (κ3) is 3.69. The second-order valence-corrected chi connectivity index (χ2v) is 13.5. The first-order valence-electron chi connectivity index (χ1n) is 16.9. The number of furan rings is 1. The Kier molecular flexibility index (Phi) is 5.37. The minimum absolute atomic E-state index is 0.171. The highest BCUT2D eigenvalue weighted by Crippen LogP contribution is 2.52. The van der Waals surface area contributed by atoms with Gasteiger partial charge in [-0.15, -0.1) is 0 Å². The molecule has 0 fully saturated rings. The molecule has 6 aromatic carbocycles. The molecule has 0 spiro atoms. The molecule has 4 aliphatic rings. The van der Waals surface area contributed by atoms with E-state index in [-0.39, 0.29) is 5.92 Å². The van der Waals surface area contributed by atoms with Crippen molar-refractivity contribution in [3.8, 4) is 5.75 Å². The molecule has 226 valence electrons. The van der Waals surface area contributed by atoms with Gasteiger partial charge in [0.05, 0.1) is 0 Å². The van der Waals surface area contributed by atoms with E-state index in [1.807, 2.05) is 12.1 Å². The molecule has 0 amide bonds. The van der Waals surface area contributed by atoms with Crippen LogP contribution in [0.5, 0.6) is 5.75 Å². The monoisotopic (exact) mass is 614 g/mol. The molecular weight excluding hydrogens is 585 g/mol. The maximum absolute atomic E-state index is 6.56. The number of allylic oxidation sites excluding steroid dienone is 12. The quantitative estimate of drug-likeness (QED) is 0.181. The van der Waals surface area contributed by atoms with Crippen LogP contribution in [0.2, 0.25) is 0 Å². The van der Waals surface area contributed by atoms with E-state index in [1.165, 1.54) is 54.8 Å². The van der Waals surface area contributed by atoms with Crippen molar-refractivity contribution in [2.24, 2.45) is 11.8 Å². The molecule has 2 nitrogen and oxygen atoms in total. The number of benzene rings is 6. The summed E-state index contributed by atoms with van der Waals surface area (Å²) in [6, 6.07) is 35.3. The lowest BCUT2D eigenvalue weighted by Crippen LogP contribution is -2.15. The van der Waals surface area contributed by atoms with E-state index in [0.717, 1.165) is 45.3 Å². The van der Waals surface area contributed by atoms with Gasteiger partial charge in [0.2, 0.25) is 0 Å². The summed E-state index contributed by atoms with van der Waals surface area (Å²) in [6.07, 6.45) is 21.4. The summed E-state index contributed by atoms with van der Waals surface area (Å²) in [6.45, 7) is 0. The van der Waals surface area contributed by atoms with E-state index in [9.17, 15) is 0 Å². The highest BCUT2D eigenvalue weighted by Gasteiger charge is 2.34. The zero-order valence-electron chi connectivity index (χ0n) is 26.2. The van der Waals surface area contributed by atoms with Crippen molar-refractivity contribution in [2.75, 3.05) is 0 Å². The third-order valence-electron chi connectivity index (χ3n) is 11.0.